The minimum atomic E-state index is -1.55. The third-order valence-electron chi connectivity index (χ3n) is 6.01. The second kappa shape index (κ2) is 7.12. The number of furan rings is 1. The van der Waals surface area contributed by atoms with Crippen LogP contribution in [0, 0.1) is 5.82 Å². The normalized spacial score (nSPS) is 19.8. The monoisotopic (exact) mass is 452 g/mol. The lowest BCUT2D eigenvalue weighted by Crippen LogP contribution is -2.46. The van der Waals surface area contributed by atoms with Crippen LogP contribution in [0.15, 0.2) is 34.9 Å². The Labute approximate surface area is 185 Å². The quantitative estimate of drug-likeness (QED) is 0.550. The summed E-state index contributed by atoms with van der Waals surface area (Å²) in [5, 5.41) is 2.26. The summed E-state index contributed by atoms with van der Waals surface area (Å²) < 4.78 is 25.5. The van der Waals surface area contributed by atoms with Crippen molar-refractivity contribution in [3.8, 4) is 5.75 Å². The molecule has 3 aromatic rings. The fourth-order valence-corrected chi connectivity index (χ4v) is 4.34. The maximum Gasteiger partial charge on any atom is 0.257 e. The zero-order valence-electron chi connectivity index (χ0n) is 17.3. The van der Waals surface area contributed by atoms with Gasteiger partial charge in [-0.25, -0.2) is 4.39 Å². The molecule has 2 aromatic heterocycles. The molecule has 1 aromatic carbocycles. The van der Waals surface area contributed by atoms with Crippen molar-refractivity contribution >= 4 is 34.7 Å². The van der Waals surface area contributed by atoms with Crippen LogP contribution < -0.4 is 15.8 Å². The summed E-state index contributed by atoms with van der Waals surface area (Å²) >= 11 is 0. The van der Waals surface area contributed by atoms with E-state index in [2.05, 4.69) is 10.3 Å². The van der Waals surface area contributed by atoms with Crippen LogP contribution in [0.4, 0.5) is 4.39 Å². The number of primary amides is 1. The number of pyridine rings is 1. The summed E-state index contributed by atoms with van der Waals surface area (Å²) in [4.78, 5) is 55.1. The van der Waals surface area contributed by atoms with Gasteiger partial charge in [0.2, 0.25) is 17.7 Å². The zero-order valence-corrected chi connectivity index (χ0v) is 17.3. The van der Waals surface area contributed by atoms with E-state index >= 15 is 0 Å². The summed E-state index contributed by atoms with van der Waals surface area (Å²) in [6.07, 6.45) is 0.994. The van der Waals surface area contributed by atoms with Gasteiger partial charge in [-0.3, -0.25) is 29.5 Å². The number of fused-ring (bicyclic) bond motifs is 2. The number of nitrogens with zero attached hydrogens (tertiary/aromatic N) is 2. The van der Waals surface area contributed by atoms with Gasteiger partial charge in [-0.15, -0.1) is 0 Å². The number of benzene rings is 1. The number of halogens is 1. The number of nitrogens with one attached hydrogen (secondary N) is 1. The second-order valence-electron chi connectivity index (χ2n) is 8.00. The zero-order chi connectivity index (χ0) is 23.5. The van der Waals surface area contributed by atoms with Gasteiger partial charge in [0.25, 0.3) is 5.91 Å². The molecular formula is C22H17FN4O6. The predicted octanol–water partition coefficient (Wildman–Crippen LogP) is 1.01. The van der Waals surface area contributed by atoms with E-state index in [1.807, 2.05) is 0 Å². The molecule has 168 valence electrons. The summed E-state index contributed by atoms with van der Waals surface area (Å²) in [6, 6.07) is 5.87. The third-order valence-corrected chi connectivity index (χ3v) is 6.01. The van der Waals surface area contributed by atoms with Crippen molar-refractivity contribution in [1.29, 1.82) is 0 Å². The molecule has 0 aliphatic carbocycles. The molecule has 1 fully saturated rings. The highest BCUT2D eigenvalue weighted by molar-refractivity contribution is 6.10. The molecule has 3 N–H and O–H groups in total. The first kappa shape index (κ1) is 20.6. The number of methoxy groups -OCH3 is 1. The van der Waals surface area contributed by atoms with E-state index in [0.29, 0.717) is 11.1 Å². The van der Waals surface area contributed by atoms with Gasteiger partial charge < -0.3 is 19.8 Å². The fraction of sp³-hybridized carbons (Fsp3) is 0.227. The molecule has 4 amide bonds. The molecule has 1 atom stereocenters. The van der Waals surface area contributed by atoms with Crippen molar-refractivity contribution in [3.63, 3.8) is 0 Å². The molecule has 4 heterocycles. The average molecular weight is 452 g/mol. The molecular weight excluding hydrogens is 435 g/mol. The summed E-state index contributed by atoms with van der Waals surface area (Å²) in [5.74, 6) is -3.28. The number of carbonyl (C=O) groups excluding carboxylic acids is 4. The highest BCUT2D eigenvalue weighted by Crippen LogP contribution is 2.39. The maximum absolute atomic E-state index is 14.7. The Morgan fingerprint density at radius 1 is 1.33 bits per heavy atom. The van der Waals surface area contributed by atoms with Crippen LogP contribution in [0.25, 0.3) is 11.1 Å². The van der Waals surface area contributed by atoms with Gasteiger partial charge >= 0.3 is 0 Å². The molecule has 0 saturated carbocycles. The fourth-order valence-electron chi connectivity index (χ4n) is 4.34. The third kappa shape index (κ3) is 3.04. The molecule has 2 aliphatic rings. The van der Waals surface area contributed by atoms with Gasteiger partial charge in [0.1, 0.15) is 16.7 Å². The Balaban J connectivity index is 1.56. The first-order valence-corrected chi connectivity index (χ1v) is 9.92. The van der Waals surface area contributed by atoms with Crippen molar-refractivity contribution in [2.24, 2.45) is 5.73 Å². The van der Waals surface area contributed by atoms with E-state index in [9.17, 15) is 23.6 Å². The van der Waals surface area contributed by atoms with E-state index in [0.717, 1.165) is 0 Å². The Bertz CT molecular complexity index is 1380. The molecule has 5 rings (SSSR count). The maximum atomic E-state index is 14.7. The van der Waals surface area contributed by atoms with E-state index in [-0.39, 0.29) is 47.7 Å². The van der Waals surface area contributed by atoms with Crippen LogP contribution in [0.2, 0.25) is 0 Å². The van der Waals surface area contributed by atoms with Gasteiger partial charge in [0.05, 0.1) is 24.7 Å². The Hall–Kier alpha value is -4.28. The van der Waals surface area contributed by atoms with E-state index in [4.69, 9.17) is 14.9 Å². The highest BCUT2D eigenvalue weighted by Gasteiger charge is 2.53. The first-order valence-electron chi connectivity index (χ1n) is 9.92. The number of aromatic nitrogens is 1. The number of carbonyl (C=O) groups is 4. The van der Waals surface area contributed by atoms with Crippen LogP contribution in [0.5, 0.6) is 5.75 Å². The minimum absolute atomic E-state index is 0.0442. The van der Waals surface area contributed by atoms with Crippen LogP contribution in [-0.2, 0) is 21.5 Å². The van der Waals surface area contributed by atoms with Crippen molar-refractivity contribution in [3.05, 3.63) is 58.7 Å². The number of rotatable bonds is 5. The Kier molecular flexibility index (Phi) is 4.45. The standard InChI is InChI=1S/C22H17FN4O6/c1-32-13-3-2-10-8-27(20(30)17(10)18(13)23)9-22(6-16(28)26-21(22)31)15-5-12-14(33-15)4-11(7-25-12)19(24)29/h2-5,7H,6,8-9H2,1H3,(H2,24,29)(H,26,28,31)/t22-/m1/s1. The Morgan fingerprint density at radius 2 is 2.12 bits per heavy atom. The minimum Gasteiger partial charge on any atom is -0.494 e. The number of ether oxygens (including phenoxy) is 1. The highest BCUT2D eigenvalue weighted by atomic mass is 19.1. The molecule has 33 heavy (non-hydrogen) atoms. The lowest BCUT2D eigenvalue weighted by Gasteiger charge is -2.28. The predicted molar refractivity (Wildman–Crippen MR) is 110 cm³/mol. The average Bonchev–Trinajstić information content (AvgIpc) is 3.42. The van der Waals surface area contributed by atoms with E-state index in [1.165, 1.54) is 36.4 Å². The van der Waals surface area contributed by atoms with E-state index in [1.54, 1.807) is 6.07 Å². The van der Waals surface area contributed by atoms with Gasteiger partial charge in [0.15, 0.2) is 17.1 Å². The molecule has 11 heteroatoms. The number of amides is 4. The Morgan fingerprint density at radius 3 is 2.79 bits per heavy atom. The summed E-state index contributed by atoms with van der Waals surface area (Å²) in [5.41, 5.74) is 4.69. The molecule has 0 unspecified atom stereocenters. The largest absolute Gasteiger partial charge is 0.494 e. The smallest absolute Gasteiger partial charge is 0.257 e. The van der Waals surface area contributed by atoms with Gasteiger partial charge in [-0.05, 0) is 17.7 Å². The second-order valence-corrected chi connectivity index (χ2v) is 8.00. The molecule has 2 aliphatic heterocycles. The lowest BCUT2D eigenvalue weighted by molar-refractivity contribution is -0.127. The molecule has 0 radical (unpaired) electrons. The van der Waals surface area contributed by atoms with Crippen LogP contribution in [0.3, 0.4) is 0 Å². The first-order chi connectivity index (χ1) is 15.7. The van der Waals surface area contributed by atoms with Gasteiger partial charge in [0, 0.05) is 25.4 Å². The van der Waals surface area contributed by atoms with Gasteiger partial charge in [-0.2, -0.15) is 0 Å². The van der Waals surface area contributed by atoms with Crippen LogP contribution in [-0.4, -0.2) is 47.2 Å². The number of hydrogen-bond acceptors (Lipinski definition) is 7. The SMILES string of the molecule is COc1ccc2c(c1F)C(=O)N(C[C@@]1(c3cc4ncc(C(N)=O)cc4o3)CC(=O)NC1=O)C2. The molecule has 0 bridgehead atoms. The van der Waals surface area contributed by atoms with Gasteiger partial charge in [-0.1, -0.05) is 6.07 Å². The summed E-state index contributed by atoms with van der Waals surface area (Å²) in [7, 11) is 1.30. The number of nitrogens with two attached hydrogens (primary N) is 1. The van der Waals surface area contributed by atoms with Crippen molar-refractivity contribution in [2.75, 3.05) is 13.7 Å². The topological polar surface area (TPSA) is 145 Å². The summed E-state index contributed by atoms with van der Waals surface area (Å²) in [6.45, 7) is -0.190. The van der Waals surface area contributed by atoms with E-state index < -0.39 is 34.9 Å². The van der Waals surface area contributed by atoms with Crippen LogP contribution >= 0.6 is 0 Å². The molecule has 10 nitrogen and oxygen atoms in total. The molecule has 0 spiro atoms. The van der Waals surface area contributed by atoms with Crippen molar-refractivity contribution < 1.29 is 32.7 Å². The number of hydrogen-bond donors (Lipinski definition) is 2. The van der Waals surface area contributed by atoms with Crippen LogP contribution in [0.1, 0.15) is 38.5 Å². The number of imide groups is 1. The van der Waals surface area contributed by atoms with Crippen molar-refractivity contribution in [1.82, 2.24) is 15.2 Å². The lowest BCUT2D eigenvalue weighted by atomic mass is 9.82. The van der Waals surface area contributed by atoms with Crippen molar-refractivity contribution in [2.45, 2.75) is 18.4 Å². The molecule has 1 saturated heterocycles.